The Balaban J connectivity index is 2.69. The van der Waals surface area contributed by atoms with Crippen molar-refractivity contribution in [1.29, 1.82) is 0 Å². The summed E-state index contributed by atoms with van der Waals surface area (Å²) in [5.41, 5.74) is -0.282. The SMILES string of the molecule is CC1CCC(C(=O)OC(C)(C)C)C(C)(C)C1. The van der Waals surface area contributed by atoms with E-state index in [-0.39, 0.29) is 22.9 Å². The van der Waals surface area contributed by atoms with Gasteiger partial charge in [0.25, 0.3) is 0 Å². The topological polar surface area (TPSA) is 26.3 Å². The summed E-state index contributed by atoms with van der Waals surface area (Å²) in [6.07, 6.45) is 3.24. The zero-order valence-electron chi connectivity index (χ0n) is 11.6. The van der Waals surface area contributed by atoms with Crippen LogP contribution in [0, 0.1) is 17.3 Å². The van der Waals surface area contributed by atoms with Crippen LogP contribution in [-0.2, 0) is 9.53 Å². The molecule has 1 fully saturated rings. The van der Waals surface area contributed by atoms with Gasteiger partial charge < -0.3 is 4.74 Å². The van der Waals surface area contributed by atoms with Crippen LogP contribution in [0.5, 0.6) is 0 Å². The third kappa shape index (κ3) is 3.50. The molecule has 0 spiro atoms. The van der Waals surface area contributed by atoms with Gasteiger partial charge in [-0.1, -0.05) is 20.8 Å². The number of hydrogen-bond donors (Lipinski definition) is 0. The van der Waals surface area contributed by atoms with Gasteiger partial charge in [-0.25, -0.2) is 0 Å². The van der Waals surface area contributed by atoms with E-state index >= 15 is 0 Å². The molecule has 0 saturated heterocycles. The van der Waals surface area contributed by atoms with Crippen LogP contribution in [0.3, 0.4) is 0 Å². The third-order valence-electron chi connectivity index (χ3n) is 3.46. The summed E-state index contributed by atoms with van der Waals surface area (Å²) in [5, 5.41) is 0. The molecule has 0 radical (unpaired) electrons. The van der Waals surface area contributed by atoms with Gasteiger partial charge in [-0.2, -0.15) is 0 Å². The van der Waals surface area contributed by atoms with Crippen LogP contribution in [-0.4, -0.2) is 11.6 Å². The maximum absolute atomic E-state index is 12.1. The van der Waals surface area contributed by atoms with Crippen molar-refractivity contribution >= 4 is 5.97 Å². The summed E-state index contributed by atoms with van der Waals surface area (Å²) < 4.78 is 5.51. The summed E-state index contributed by atoms with van der Waals surface area (Å²) >= 11 is 0. The Morgan fingerprint density at radius 1 is 1.25 bits per heavy atom. The first-order valence-corrected chi connectivity index (χ1v) is 6.35. The summed E-state index contributed by atoms with van der Waals surface area (Å²) in [4.78, 5) is 12.1. The molecule has 1 aliphatic carbocycles. The van der Waals surface area contributed by atoms with Crippen LogP contribution >= 0.6 is 0 Å². The molecule has 2 heteroatoms. The maximum atomic E-state index is 12.1. The highest BCUT2D eigenvalue weighted by molar-refractivity contribution is 5.74. The molecule has 0 amide bonds. The quantitative estimate of drug-likeness (QED) is 0.636. The molecule has 2 unspecified atom stereocenters. The van der Waals surface area contributed by atoms with Crippen molar-refractivity contribution < 1.29 is 9.53 Å². The highest BCUT2D eigenvalue weighted by atomic mass is 16.6. The lowest BCUT2D eigenvalue weighted by molar-refractivity contribution is -0.166. The average Bonchev–Trinajstić information content (AvgIpc) is 1.97. The van der Waals surface area contributed by atoms with Crippen LogP contribution in [0.15, 0.2) is 0 Å². The number of esters is 1. The number of rotatable bonds is 1. The van der Waals surface area contributed by atoms with E-state index in [1.807, 2.05) is 20.8 Å². The highest BCUT2D eigenvalue weighted by Crippen LogP contribution is 2.44. The molecule has 2 nitrogen and oxygen atoms in total. The summed E-state index contributed by atoms with van der Waals surface area (Å²) in [7, 11) is 0. The molecule has 0 aromatic carbocycles. The molecular formula is C14H26O2. The van der Waals surface area contributed by atoms with Crippen molar-refractivity contribution in [2.24, 2.45) is 17.3 Å². The van der Waals surface area contributed by atoms with E-state index in [0.717, 1.165) is 25.2 Å². The molecule has 0 heterocycles. The molecule has 0 N–H and O–H groups in total. The summed E-state index contributed by atoms with van der Waals surface area (Å²) in [6.45, 7) is 12.5. The molecule has 0 aromatic heterocycles. The van der Waals surface area contributed by atoms with E-state index in [1.165, 1.54) is 0 Å². The first-order chi connectivity index (χ1) is 7.12. The zero-order valence-corrected chi connectivity index (χ0v) is 11.6. The number of hydrogen-bond acceptors (Lipinski definition) is 2. The summed E-state index contributed by atoms with van der Waals surface area (Å²) in [6, 6.07) is 0. The molecular weight excluding hydrogens is 200 g/mol. The fourth-order valence-electron chi connectivity index (χ4n) is 2.79. The molecule has 94 valence electrons. The molecule has 0 bridgehead atoms. The fraction of sp³-hybridized carbons (Fsp3) is 0.929. The van der Waals surface area contributed by atoms with Gasteiger partial charge in [-0.15, -0.1) is 0 Å². The Morgan fingerprint density at radius 3 is 2.25 bits per heavy atom. The Morgan fingerprint density at radius 2 is 1.81 bits per heavy atom. The molecule has 1 rings (SSSR count). The van der Waals surface area contributed by atoms with Crippen LogP contribution in [0.1, 0.15) is 60.8 Å². The van der Waals surface area contributed by atoms with Crippen LogP contribution < -0.4 is 0 Å². The lowest BCUT2D eigenvalue weighted by atomic mass is 9.65. The van der Waals surface area contributed by atoms with Gasteiger partial charge in [0, 0.05) is 0 Å². The van der Waals surface area contributed by atoms with Gasteiger partial charge in [-0.05, 0) is 51.4 Å². The Hall–Kier alpha value is -0.530. The van der Waals surface area contributed by atoms with Gasteiger partial charge in [-0.3, -0.25) is 4.79 Å². The van der Waals surface area contributed by atoms with E-state index in [1.54, 1.807) is 0 Å². The highest BCUT2D eigenvalue weighted by Gasteiger charge is 2.41. The van der Waals surface area contributed by atoms with Crippen LogP contribution in [0.2, 0.25) is 0 Å². The minimum atomic E-state index is -0.365. The number of carbonyl (C=O) groups is 1. The Bertz CT molecular complexity index is 260. The van der Waals surface area contributed by atoms with Gasteiger partial charge in [0.2, 0.25) is 0 Å². The van der Waals surface area contributed by atoms with Crippen molar-refractivity contribution in [3.63, 3.8) is 0 Å². The second-order valence-corrected chi connectivity index (χ2v) is 6.96. The molecule has 0 aromatic rings. The predicted molar refractivity (Wildman–Crippen MR) is 66.1 cm³/mol. The fourth-order valence-corrected chi connectivity index (χ4v) is 2.79. The molecule has 16 heavy (non-hydrogen) atoms. The largest absolute Gasteiger partial charge is 0.460 e. The minimum Gasteiger partial charge on any atom is -0.460 e. The van der Waals surface area contributed by atoms with E-state index < -0.39 is 0 Å². The zero-order chi connectivity index (χ0) is 12.6. The number of ether oxygens (including phenoxy) is 1. The first-order valence-electron chi connectivity index (χ1n) is 6.35. The molecule has 1 aliphatic rings. The van der Waals surface area contributed by atoms with Gasteiger partial charge in [0.15, 0.2) is 0 Å². The second-order valence-electron chi connectivity index (χ2n) is 6.96. The van der Waals surface area contributed by atoms with Crippen molar-refractivity contribution in [3.8, 4) is 0 Å². The Kier molecular flexibility index (Phi) is 3.71. The van der Waals surface area contributed by atoms with Gasteiger partial charge in [0.05, 0.1) is 5.92 Å². The van der Waals surface area contributed by atoms with E-state index in [0.29, 0.717) is 0 Å². The van der Waals surface area contributed by atoms with Crippen molar-refractivity contribution in [3.05, 3.63) is 0 Å². The molecule has 0 aliphatic heterocycles. The maximum Gasteiger partial charge on any atom is 0.309 e. The predicted octanol–water partition coefficient (Wildman–Crippen LogP) is 3.79. The monoisotopic (exact) mass is 226 g/mol. The second kappa shape index (κ2) is 4.38. The normalized spacial score (nSPS) is 29.9. The number of carbonyl (C=O) groups excluding carboxylic acids is 1. The lowest BCUT2D eigenvalue weighted by Crippen LogP contribution is -2.40. The van der Waals surface area contributed by atoms with Crippen molar-refractivity contribution in [1.82, 2.24) is 0 Å². The standard InChI is InChI=1S/C14H26O2/c1-10-7-8-11(14(5,6)9-10)12(15)16-13(2,3)4/h10-11H,7-9H2,1-6H3. The van der Waals surface area contributed by atoms with Crippen molar-refractivity contribution in [2.75, 3.05) is 0 Å². The van der Waals surface area contributed by atoms with Crippen LogP contribution in [0.4, 0.5) is 0 Å². The smallest absolute Gasteiger partial charge is 0.309 e. The van der Waals surface area contributed by atoms with E-state index in [2.05, 4.69) is 20.8 Å². The summed E-state index contributed by atoms with van der Waals surface area (Å²) in [5.74, 6) is 0.793. The van der Waals surface area contributed by atoms with Gasteiger partial charge >= 0.3 is 5.97 Å². The van der Waals surface area contributed by atoms with Crippen molar-refractivity contribution in [2.45, 2.75) is 66.4 Å². The lowest BCUT2D eigenvalue weighted by Gasteiger charge is -2.40. The average molecular weight is 226 g/mol. The Labute approximate surface area is 99.8 Å². The van der Waals surface area contributed by atoms with Crippen LogP contribution in [0.25, 0.3) is 0 Å². The van der Waals surface area contributed by atoms with E-state index in [9.17, 15) is 4.79 Å². The molecule has 2 atom stereocenters. The molecule has 1 saturated carbocycles. The van der Waals surface area contributed by atoms with E-state index in [4.69, 9.17) is 4.74 Å². The minimum absolute atomic E-state index is 0.00981. The third-order valence-corrected chi connectivity index (χ3v) is 3.46. The first kappa shape index (κ1) is 13.5. The van der Waals surface area contributed by atoms with Gasteiger partial charge in [0.1, 0.15) is 5.60 Å².